The second kappa shape index (κ2) is 12.9. The molecule has 0 bridgehead atoms. The van der Waals surface area contributed by atoms with Crippen molar-refractivity contribution in [2.24, 2.45) is 0 Å². The van der Waals surface area contributed by atoms with Crippen molar-refractivity contribution < 1.29 is 9.53 Å². The van der Waals surface area contributed by atoms with Crippen LogP contribution in [-0.2, 0) is 6.54 Å². The summed E-state index contributed by atoms with van der Waals surface area (Å²) in [6, 6.07) is 11.7. The van der Waals surface area contributed by atoms with Crippen LogP contribution in [0.2, 0.25) is 0 Å². The van der Waals surface area contributed by atoms with Gasteiger partial charge in [0.25, 0.3) is 5.91 Å². The largest absolute Gasteiger partial charge is 0.497 e. The second-order valence-electron chi connectivity index (χ2n) is 9.99. The van der Waals surface area contributed by atoms with Gasteiger partial charge in [0.1, 0.15) is 17.0 Å². The molecular formula is C29H42N6O2. The van der Waals surface area contributed by atoms with Crippen LogP contribution in [0.15, 0.2) is 36.4 Å². The van der Waals surface area contributed by atoms with Crippen molar-refractivity contribution in [2.45, 2.75) is 71.9 Å². The van der Waals surface area contributed by atoms with Crippen LogP contribution in [0.25, 0.3) is 11.2 Å². The van der Waals surface area contributed by atoms with E-state index in [0.29, 0.717) is 5.69 Å². The van der Waals surface area contributed by atoms with Gasteiger partial charge < -0.3 is 19.9 Å². The van der Waals surface area contributed by atoms with Crippen LogP contribution >= 0.6 is 0 Å². The molecule has 8 nitrogen and oxygen atoms in total. The highest BCUT2D eigenvalue weighted by Crippen LogP contribution is 2.25. The summed E-state index contributed by atoms with van der Waals surface area (Å²) in [5.41, 5.74) is 2.95. The van der Waals surface area contributed by atoms with Crippen molar-refractivity contribution in [3.05, 3.63) is 42.1 Å². The first kappa shape index (κ1) is 26.9. The lowest BCUT2D eigenvalue weighted by atomic mass is 10.1. The number of hydrogen-bond donors (Lipinski definition) is 1. The number of rotatable bonds is 12. The number of nitrogens with zero attached hydrogens (tertiary/aromatic N) is 5. The maximum absolute atomic E-state index is 13.5. The number of aromatic nitrogens is 3. The molecule has 37 heavy (non-hydrogen) atoms. The van der Waals surface area contributed by atoms with E-state index in [1.54, 1.807) is 7.11 Å². The van der Waals surface area contributed by atoms with Crippen LogP contribution in [-0.4, -0.2) is 69.6 Å². The van der Waals surface area contributed by atoms with E-state index in [1.807, 2.05) is 41.3 Å². The average molecular weight is 507 g/mol. The van der Waals surface area contributed by atoms with Gasteiger partial charge in [-0.15, -0.1) is 0 Å². The number of carbonyl (C=O) groups excluding carboxylic acids is 1. The Labute approximate surface area is 221 Å². The lowest BCUT2D eigenvalue weighted by Crippen LogP contribution is -2.39. The summed E-state index contributed by atoms with van der Waals surface area (Å²) in [5.74, 6) is 1.54. The molecule has 200 valence electrons. The number of aryl methyl sites for hydroxylation is 1. The summed E-state index contributed by atoms with van der Waals surface area (Å²) in [6.45, 7) is 11.3. The molecule has 0 aliphatic carbocycles. The van der Waals surface area contributed by atoms with Crippen molar-refractivity contribution in [3.8, 4) is 5.75 Å². The molecule has 1 fully saturated rings. The number of methoxy groups -OCH3 is 1. The summed E-state index contributed by atoms with van der Waals surface area (Å²) in [7, 11) is 1.66. The van der Waals surface area contributed by atoms with Gasteiger partial charge >= 0.3 is 0 Å². The summed E-state index contributed by atoms with van der Waals surface area (Å²) in [6.07, 6.45) is 6.75. The quantitative estimate of drug-likeness (QED) is 0.339. The van der Waals surface area contributed by atoms with E-state index in [0.717, 1.165) is 67.4 Å². The second-order valence-corrected chi connectivity index (χ2v) is 9.99. The Morgan fingerprint density at radius 1 is 1.05 bits per heavy atom. The zero-order valence-corrected chi connectivity index (χ0v) is 22.9. The minimum Gasteiger partial charge on any atom is -0.497 e. The van der Waals surface area contributed by atoms with Crippen molar-refractivity contribution in [1.82, 2.24) is 24.3 Å². The Kier molecular flexibility index (Phi) is 9.39. The van der Waals surface area contributed by atoms with E-state index in [2.05, 4.69) is 35.6 Å². The predicted molar refractivity (Wildman–Crippen MR) is 150 cm³/mol. The third kappa shape index (κ3) is 6.60. The number of fused-ring (bicyclic) bond motifs is 1. The van der Waals surface area contributed by atoms with E-state index in [-0.39, 0.29) is 11.9 Å². The Bertz CT molecular complexity index is 1150. The third-order valence-electron chi connectivity index (χ3n) is 7.31. The van der Waals surface area contributed by atoms with Gasteiger partial charge in [-0.2, -0.15) is 0 Å². The van der Waals surface area contributed by atoms with Gasteiger partial charge in [-0.1, -0.05) is 20.3 Å². The number of likely N-dealkylation sites (tertiary alicyclic amines) is 1. The fourth-order valence-corrected chi connectivity index (χ4v) is 5.00. The fourth-order valence-electron chi connectivity index (χ4n) is 5.00. The summed E-state index contributed by atoms with van der Waals surface area (Å²) < 4.78 is 7.43. The number of carbonyl (C=O) groups is 1. The Balaban J connectivity index is 1.63. The van der Waals surface area contributed by atoms with E-state index >= 15 is 0 Å². The molecule has 2 aromatic heterocycles. The van der Waals surface area contributed by atoms with Crippen molar-refractivity contribution in [1.29, 1.82) is 0 Å². The van der Waals surface area contributed by atoms with Crippen LogP contribution in [0.5, 0.6) is 5.75 Å². The Hall–Kier alpha value is -3.13. The minimum atomic E-state index is -0.0103. The van der Waals surface area contributed by atoms with Crippen LogP contribution < -0.4 is 10.1 Å². The number of nitrogens with one attached hydrogen (secondary N) is 1. The van der Waals surface area contributed by atoms with Gasteiger partial charge in [-0.05, 0) is 95.1 Å². The molecule has 1 aromatic carbocycles. The molecule has 4 rings (SSSR count). The number of benzene rings is 1. The highest BCUT2D eigenvalue weighted by Gasteiger charge is 2.23. The van der Waals surface area contributed by atoms with Gasteiger partial charge in [-0.3, -0.25) is 9.36 Å². The monoisotopic (exact) mass is 506 g/mol. The molecule has 1 unspecified atom stereocenters. The molecule has 0 radical (unpaired) electrons. The van der Waals surface area contributed by atoms with Crippen LogP contribution in [0.3, 0.4) is 0 Å². The van der Waals surface area contributed by atoms with E-state index in [9.17, 15) is 4.79 Å². The normalized spacial score (nSPS) is 15.0. The molecule has 1 N–H and O–H groups in total. The molecule has 3 aromatic rings. The van der Waals surface area contributed by atoms with E-state index in [4.69, 9.17) is 14.7 Å². The number of hydrogen-bond acceptors (Lipinski definition) is 6. The maximum Gasteiger partial charge on any atom is 0.272 e. The molecule has 1 atom stereocenters. The molecule has 1 saturated heterocycles. The van der Waals surface area contributed by atoms with Gasteiger partial charge in [0.05, 0.1) is 7.11 Å². The van der Waals surface area contributed by atoms with Gasteiger partial charge in [0.2, 0.25) is 5.95 Å². The standard InChI is InChI=1S/C29H42N6O2/c1-5-17-34(22(3)6-2)28(36)26-16-15-25-27(31-26)35(21-10-20-33-18-8-7-9-19-33)29(32-25)30-23-11-13-24(37-4)14-12-23/h11-16,22H,5-10,17-21H2,1-4H3,(H,30,32). The number of piperidine rings is 1. The number of anilines is 2. The Morgan fingerprint density at radius 3 is 2.49 bits per heavy atom. The first-order valence-electron chi connectivity index (χ1n) is 13.9. The molecule has 0 spiro atoms. The maximum atomic E-state index is 13.5. The van der Waals surface area contributed by atoms with Crippen LogP contribution in [0.1, 0.15) is 69.8 Å². The fraction of sp³-hybridized carbons (Fsp3) is 0.552. The highest BCUT2D eigenvalue weighted by atomic mass is 16.5. The predicted octanol–water partition coefficient (Wildman–Crippen LogP) is 5.71. The van der Waals surface area contributed by atoms with E-state index in [1.165, 1.54) is 32.4 Å². The average Bonchev–Trinajstić information content (AvgIpc) is 3.28. The van der Waals surface area contributed by atoms with E-state index < -0.39 is 0 Å². The first-order valence-corrected chi connectivity index (χ1v) is 13.9. The topological polar surface area (TPSA) is 75.5 Å². The van der Waals surface area contributed by atoms with Crippen molar-refractivity contribution in [2.75, 3.05) is 38.6 Å². The van der Waals surface area contributed by atoms with Crippen molar-refractivity contribution >= 4 is 28.7 Å². The minimum absolute atomic E-state index is 0.0103. The molecule has 8 heteroatoms. The van der Waals surface area contributed by atoms with Gasteiger partial charge in [0.15, 0.2) is 5.65 Å². The number of ether oxygens (including phenoxy) is 1. The SMILES string of the molecule is CCCN(C(=O)c1ccc2nc(Nc3ccc(OC)cc3)n(CCCN3CCCCC3)c2n1)C(C)CC. The first-order chi connectivity index (χ1) is 18.0. The van der Waals surface area contributed by atoms with Gasteiger partial charge in [0, 0.05) is 24.8 Å². The molecule has 1 amide bonds. The lowest BCUT2D eigenvalue weighted by Gasteiger charge is -2.28. The highest BCUT2D eigenvalue weighted by molar-refractivity contribution is 5.94. The molecule has 1 aliphatic heterocycles. The third-order valence-corrected chi connectivity index (χ3v) is 7.31. The summed E-state index contributed by atoms with van der Waals surface area (Å²) >= 11 is 0. The van der Waals surface area contributed by atoms with Crippen LogP contribution in [0.4, 0.5) is 11.6 Å². The molecule has 3 heterocycles. The zero-order valence-electron chi connectivity index (χ0n) is 22.9. The molecule has 1 aliphatic rings. The number of pyridine rings is 1. The molecule has 0 saturated carbocycles. The molecular weight excluding hydrogens is 464 g/mol. The summed E-state index contributed by atoms with van der Waals surface area (Å²) in [4.78, 5) is 27.7. The lowest BCUT2D eigenvalue weighted by molar-refractivity contribution is 0.0682. The van der Waals surface area contributed by atoms with Crippen LogP contribution in [0, 0.1) is 0 Å². The zero-order chi connectivity index (χ0) is 26.2. The number of amides is 1. The Morgan fingerprint density at radius 2 is 1.81 bits per heavy atom. The smallest absolute Gasteiger partial charge is 0.272 e. The number of imidazole rings is 1. The van der Waals surface area contributed by atoms with Gasteiger partial charge in [-0.25, -0.2) is 9.97 Å². The summed E-state index contributed by atoms with van der Waals surface area (Å²) in [5, 5.41) is 3.47. The van der Waals surface area contributed by atoms with Crippen molar-refractivity contribution in [3.63, 3.8) is 0 Å².